The molecule has 2 aromatic rings. The molecular weight excluding hydrogens is 262 g/mol. The van der Waals surface area contributed by atoms with Gasteiger partial charge in [0.1, 0.15) is 5.82 Å². The van der Waals surface area contributed by atoms with Crippen molar-refractivity contribution in [2.45, 2.75) is 13.8 Å². The van der Waals surface area contributed by atoms with E-state index >= 15 is 0 Å². The third kappa shape index (κ3) is 3.23. The molecule has 0 saturated heterocycles. The largest absolute Gasteiger partial charge is 0.366 e. The number of nitrogens with zero attached hydrogens (tertiary/aromatic N) is 1. The Hall–Kier alpha value is -2.07. The highest BCUT2D eigenvalue weighted by Gasteiger charge is 2.07. The molecule has 0 aliphatic heterocycles. The molecule has 0 aliphatic carbocycles. The van der Waals surface area contributed by atoms with Gasteiger partial charge in [-0.2, -0.15) is 0 Å². The van der Waals surface area contributed by atoms with Crippen molar-refractivity contribution in [3.63, 3.8) is 0 Å². The van der Waals surface area contributed by atoms with Gasteiger partial charge in [0.15, 0.2) is 0 Å². The van der Waals surface area contributed by atoms with E-state index in [1.165, 1.54) is 12.3 Å². The number of nitrogens with two attached hydrogens (primary N) is 1. The van der Waals surface area contributed by atoms with Crippen molar-refractivity contribution in [3.8, 4) is 0 Å². The molecule has 1 heterocycles. The van der Waals surface area contributed by atoms with Crippen LogP contribution in [0.3, 0.4) is 0 Å². The highest BCUT2D eigenvalue weighted by molar-refractivity contribution is 6.33. The number of benzene rings is 1. The van der Waals surface area contributed by atoms with Gasteiger partial charge in [-0.3, -0.25) is 4.79 Å². The van der Waals surface area contributed by atoms with Gasteiger partial charge in [0.2, 0.25) is 5.91 Å². The predicted molar refractivity (Wildman–Crippen MR) is 77.0 cm³/mol. The average molecular weight is 276 g/mol. The maximum atomic E-state index is 11.0. The standard InChI is InChI=1S/C14H14ClN3O/c1-8-3-9(2)5-11(4-8)18-14-12(15)6-10(7-17-14)13(16)19/h3-7H,1-2H3,(H2,16,19)(H,17,18). The van der Waals surface area contributed by atoms with E-state index in [2.05, 4.69) is 16.4 Å². The minimum absolute atomic E-state index is 0.288. The second-order valence-corrected chi connectivity index (χ2v) is 4.83. The van der Waals surface area contributed by atoms with Crippen molar-refractivity contribution >= 4 is 29.0 Å². The number of nitrogens with one attached hydrogen (secondary N) is 1. The normalized spacial score (nSPS) is 10.3. The maximum Gasteiger partial charge on any atom is 0.250 e. The molecule has 1 aromatic heterocycles. The molecule has 2 rings (SSSR count). The molecule has 0 bridgehead atoms. The number of aryl methyl sites for hydroxylation is 2. The van der Waals surface area contributed by atoms with Gasteiger partial charge < -0.3 is 11.1 Å². The Morgan fingerprint density at radius 2 is 1.84 bits per heavy atom. The summed E-state index contributed by atoms with van der Waals surface area (Å²) in [7, 11) is 0. The van der Waals surface area contributed by atoms with Crippen LogP contribution in [-0.4, -0.2) is 10.9 Å². The molecule has 19 heavy (non-hydrogen) atoms. The van der Waals surface area contributed by atoms with Crippen molar-refractivity contribution in [3.05, 3.63) is 52.2 Å². The summed E-state index contributed by atoms with van der Waals surface area (Å²) in [5.41, 5.74) is 8.65. The number of rotatable bonds is 3. The molecule has 1 amide bonds. The molecule has 0 aliphatic rings. The molecule has 0 atom stereocenters. The lowest BCUT2D eigenvalue weighted by molar-refractivity contribution is 0.1000. The second kappa shape index (κ2) is 5.28. The Labute approximate surface area is 116 Å². The number of hydrogen-bond donors (Lipinski definition) is 2. The number of pyridine rings is 1. The molecule has 5 heteroatoms. The zero-order valence-electron chi connectivity index (χ0n) is 10.7. The van der Waals surface area contributed by atoms with Crippen LogP contribution in [0.5, 0.6) is 0 Å². The van der Waals surface area contributed by atoms with E-state index in [4.69, 9.17) is 17.3 Å². The Kier molecular flexibility index (Phi) is 3.71. The van der Waals surface area contributed by atoms with Crippen molar-refractivity contribution in [2.75, 3.05) is 5.32 Å². The van der Waals surface area contributed by atoms with Crippen molar-refractivity contribution in [1.29, 1.82) is 0 Å². The highest BCUT2D eigenvalue weighted by atomic mass is 35.5. The first-order valence-corrected chi connectivity index (χ1v) is 6.14. The number of amides is 1. The van der Waals surface area contributed by atoms with E-state index < -0.39 is 5.91 Å². The zero-order valence-corrected chi connectivity index (χ0v) is 11.5. The molecule has 4 nitrogen and oxygen atoms in total. The number of primary amides is 1. The van der Waals surface area contributed by atoms with Crippen LogP contribution in [-0.2, 0) is 0 Å². The van der Waals surface area contributed by atoms with E-state index in [9.17, 15) is 4.79 Å². The third-order valence-corrected chi connectivity index (χ3v) is 2.90. The van der Waals surface area contributed by atoms with Crippen molar-refractivity contribution < 1.29 is 4.79 Å². The van der Waals surface area contributed by atoms with E-state index in [1.54, 1.807) is 0 Å². The van der Waals surface area contributed by atoms with Crippen molar-refractivity contribution in [1.82, 2.24) is 4.98 Å². The van der Waals surface area contributed by atoms with Gasteiger partial charge >= 0.3 is 0 Å². The van der Waals surface area contributed by atoms with Crippen LogP contribution < -0.4 is 11.1 Å². The minimum Gasteiger partial charge on any atom is -0.366 e. The molecule has 0 saturated carbocycles. The summed E-state index contributed by atoms with van der Waals surface area (Å²) in [6.45, 7) is 4.03. The second-order valence-electron chi connectivity index (χ2n) is 4.42. The van der Waals surface area contributed by atoms with E-state index in [0.29, 0.717) is 10.8 Å². The lowest BCUT2D eigenvalue weighted by Crippen LogP contribution is -2.11. The Morgan fingerprint density at radius 3 is 2.37 bits per heavy atom. The SMILES string of the molecule is Cc1cc(C)cc(Nc2ncc(C(N)=O)cc2Cl)c1. The molecule has 98 valence electrons. The molecule has 0 spiro atoms. The van der Waals surface area contributed by atoms with Gasteiger partial charge in [-0.05, 0) is 43.2 Å². The average Bonchev–Trinajstić information content (AvgIpc) is 2.30. The summed E-state index contributed by atoms with van der Waals surface area (Å²) in [6.07, 6.45) is 1.40. The van der Waals surface area contributed by atoms with E-state index in [0.717, 1.165) is 16.8 Å². The zero-order chi connectivity index (χ0) is 14.0. The van der Waals surface area contributed by atoms with Gasteiger partial charge in [0.05, 0.1) is 10.6 Å². The van der Waals surface area contributed by atoms with Crippen LogP contribution in [0.4, 0.5) is 11.5 Å². The summed E-state index contributed by atoms with van der Waals surface area (Å²) in [5.74, 6) is -0.0518. The van der Waals surface area contributed by atoms with Crippen LogP contribution in [0.1, 0.15) is 21.5 Å². The van der Waals surface area contributed by atoms with Crippen LogP contribution in [0, 0.1) is 13.8 Å². The molecule has 3 N–H and O–H groups in total. The first-order chi connectivity index (χ1) is 8.95. The number of aromatic nitrogens is 1. The molecular formula is C14H14ClN3O. The Balaban J connectivity index is 2.30. The summed E-state index contributed by atoms with van der Waals surface area (Å²) in [6, 6.07) is 7.57. The maximum absolute atomic E-state index is 11.0. The van der Waals surface area contributed by atoms with Crippen LogP contribution in [0.2, 0.25) is 5.02 Å². The third-order valence-electron chi connectivity index (χ3n) is 2.61. The molecule has 1 aromatic carbocycles. The monoisotopic (exact) mass is 275 g/mol. The lowest BCUT2D eigenvalue weighted by Gasteiger charge is -2.09. The lowest BCUT2D eigenvalue weighted by atomic mass is 10.1. The van der Waals surface area contributed by atoms with Crippen LogP contribution in [0.25, 0.3) is 0 Å². The van der Waals surface area contributed by atoms with Crippen LogP contribution in [0.15, 0.2) is 30.5 Å². The summed E-state index contributed by atoms with van der Waals surface area (Å²) in [4.78, 5) is 15.1. The fourth-order valence-electron chi connectivity index (χ4n) is 1.85. The number of halogens is 1. The number of hydrogen-bond acceptors (Lipinski definition) is 3. The smallest absolute Gasteiger partial charge is 0.250 e. The molecule has 0 unspecified atom stereocenters. The minimum atomic E-state index is -0.549. The van der Waals surface area contributed by atoms with Gasteiger partial charge in [0, 0.05) is 11.9 Å². The highest BCUT2D eigenvalue weighted by Crippen LogP contribution is 2.25. The van der Waals surface area contributed by atoms with E-state index in [1.807, 2.05) is 26.0 Å². The summed E-state index contributed by atoms with van der Waals surface area (Å²) < 4.78 is 0. The fourth-order valence-corrected chi connectivity index (χ4v) is 2.06. The quantitative estimate of drug-likeness (QED) is 0.904. The van der Waals surface area contributed by atoms with Crippen LogP contribution >= 0.6 is 11.6 Å². The Morgan fingerprint density at radius 1 is 1.21 bits per heavy atom. The van der Waals surface area contributed by atoms with Gasteiger partial charge in [-0.1, -0.05) is 17.7 Å². The number of carbonyl (C=O) groups is 1. The number of anilines is 2. The van der Waals surface area contributed by atoms with Gasteiger partial charge in [-0.15, -0.1) is 0 Å². The summed E-state index contributed by atoms with van der Waals surface area (Å²) in [5, 5.41) is 3.48. The number of carbonyl (C=O) groups excluding carboxylic acids is 1. The van der Waals surface area contributed by atoms with Crippen molar-refractivity contribution in [2.24, 2.45) is 5.73 Å². The topological polar surface area (TPSA) is 68.0 Å². The first-order valence-electron chi connectivity index (χ1n) is 5.76. The van der Waals surface area contributed by atoms with Gasteiger partial charge in [-0.25, -0.2) is 4.98 Å². The van der Waals surface area contributed by atoms with Gasteiger partial charge in [0.25, 0.3) is 0 Å². The van der Waals surface area contributed by atoms with E-state index in [-0.39, 0.29) is 5.56 Å². The molecule has 0 radical (unpaired) electrons. The Bertz CT molecular complexity index is 620. The fraction of sp³-hybridized carbons (Fsp3) is 0.143. The summed E-state index contributed by atoms with van der Waals surface area (Å²) >= 11 is 6.07. The molecule has 0 fully saturated rings. The first kappa shape index (κ1) is 13.4. The predicted octanol–water partition coefficient (Wildman–Crippen LogP) is 3.19.